The standard InChI is InChI=1S/C16H24O10/c1-8(18)22-6-12-15(24-10(3)20)13(5-17)26-14(7-23-9(2)19)16(12)25-11(4)21/h12-17H,5-7H2,1-4H3. The van der Waals surface area contributed by atoms with Crippen LogP contribution >= 0.6 is 0 Å². The molecule has 0 bridgehead atoms. The summed E-state index contributed by atoms with van der Waals surface area (Å²) >= 11 is 0. The van der Waals surface area contributed by atoms with Crippen LogP contribution in [0.2, 0.25) is 0 Å². The Balaban J connectivity index is 3.16. The van der Waals surface area contributed by atoms with Gasteiger partial charge in [-0.3, -0.25) is 19.2 Å². The van der Waals surface area contributed by atoms with Gasteiger partial charge in [0.15, 0.2) is 0 Å². The van der Waals surface area contributed by atoms with Crippen molar-refractivity contribution >= 4 is 23.9 Å². The Morgan fingerprint density at radius 2 is 1.23 bits per heavy atom. The second kappa shape index (κ2) is 10.1. The first-order valence-electron chi connectivity index (χ1n) is 8.03. The first-order valence-corrected chi connectivity index (χ1v) is 8.03. The number of carbonyl (C=O) groups excluding carboxylic acids is 4. The maximum absolute atomic E-state index is 11.5. The number of hydrogen-bond donors (Lipinski definition) is 1. The van der Waals surface area contributed by atoms with Gasteiger partial charge in [0, 0.05) is 27.7 Å². The quantitative estimate of drug-likeness (QED) is 0.451. The first kappa shape index (κ1) is 21.8. The summed E-state index contributed by atoms with van der Waals surface area (Å²) in [5.74, 6) is -3.28. The molecule has 26 heavy (non-hydrogen) atoms. The lowest BCUT2D eigenvalue weighted by atomic mass is 9.86. The Hall–Kier alpha value is -2.20. The number of carbonyl (C=O) groups is 4. The molecule has 0 aliphatic carbocycles. The number of ether oxygens (including phenoxy) is 5. The normalized spacial score (nSPS) is 28.0. The van der Waals surface area contributed by atoms with Gasteiger partial charge < -0.3 is 28.8 Å². The van der Waals surface area contributed by atoms with Crippen LogP contribution in [0.3, 0.4) is 0 Å². The molecule has 5 unspecified atom stereocenters. The zero-order chi connectivity index (χ0) is 19.9. The van der Waals surface area contributed by atoms with Crippen molar-refractivity contribution in [2.24, 2.45) is 5.92 Å². The van der Waals surface area contributed by atoms with Gasteiger partial charge in [0.2, 0.25) is 0 Å². The molecule has 10 heteroatoms. The van der Waals surface area contributed by atoms with Crippen LogP contribution in [0.15, 0.2) is 0 Å². The molecule has 0 amide bonds. The highest BCUT2D eigenvalue weighted by Gasteiger charge is 2.50. The van der Waals surface area contributed by atoms with E-state index in [0.29, 0.717) is 0 Å². The average molecular weight is 376 g/mol. The SMILES string of the molecule is CC(=O)OCC1OC(CO)C(OC(C)=O)C(COC(C)=O)C1OC(C)=O. The van der Waals surface area contributed by atoms with Crippen LogP contribution in [0.5, 0.6) is 0 Å². The maximum Gasteiger partial charge on any atom is 0.303 e. The molecule has 0 spiro atoms. The summed E-state index contributed by atoms with van der Waals surface area (Å²) in [4.78, 5) is 45.3. The highest BCUT2D eigenvalue weighted by Crippen LogP contribution is 2.31. The summed E-state index contributed by atoms with van der Waals surface area (Å²) < 4.78 is 26.0. The van der Waals surface area contributed by atoms with Crippen molar-refractivity contribution < 1.29 is 48.0 Å². The van der Waals surface area contributed by atoms with E-state index in [2.05, 4.69) is 0 Å². The first-order chi connectivity index (χ1) is 12.1. The van der Waals surface area contributed by atoms with Gasteiger partial charge in [0.05, 0.1) is 12.5 Å². The van der Waals surface area contributed by atoms with Crippen molar-refractivity contribution in [3.05, 3.63) is 0 Å². The third-order valence-electron chi connectivity index (χ3n) is 3.64. The monoisotopic (exact) mass is 376 g/mol. The minimum atomic E-state index is -1.03. The summed E-state index contributed by atoms with van der Waals surface area (Å²) in [6.45, 7) is 3.71. The number of hydrogen-bond acceptors (Lipinski definition) is 10. The number of esters is 4. The lowest BCUT2D eigenvalue weighted by Crippen LogP contribution is -2.60. The lowest BCUT2D eigenvalue weighted by Gasteiger charge is -2.44. The molecule has 1 saturated heterocycles. The smallest absolute Gasteiger partial charge is 0.303 e. The van der Waals surface area contributed by atoms with Crippen LogP contribution in [0.25, 0.3) is 0 Å². The van der Waals surface area contributed by atoms with E-state index >= 15 is 0 Å². The number of aliphatic hydroxyl groups excluding tert-OH is 1. The zero-order valence-corrected chi connectivity index (χ0v) is 15.1. The summed E-state index contributed by atoms with van der Waals surface area (Å²) in [5.41, 5.74) is 0. The molecule has 148 valence electrons. The van der Waals surface area contributed by atoms with Crippen LogP contribution in [0, 0.1) is 5.92 Å². The minimum Gasteiger partial charge on any atom is -0.465 e. The summed E-state index contributed by atoms with van der Waals surface area (Å²) in [5, 5.41) is 9.59. The van der Waals surface area contributed by atoms with Gasteiger partial charge in [-0.2, -0.15) is 0 Å². The van der Waals surface area contributed by atoms with Gasteiger partial charge >= 0.3 is 23.9 Å². The van der Waals surface area contributed by atoms with Crippen molar-refractivity contribution in [3.8, 4) is 0 Å². The molecule has 1 fully saturated rings. The predicted molar refractivity (Wildman–Crippen MR) is 83.6 cm³/mol. The highest BCUT2D eigenvalue weighted by molar-refractivity contribution is 5.67. The Kier molecular flexibility index (Phi) is 8.46. The largest absolute Gasteiger partial charge is 0.465 e. The van der Waals surface area contributed by atoms with E-state index < -0.39 is 60.8 Å². The molecule has 1 aliphatic rings. The highest BCUT2D eigenvalue weighted by atomic mass is 16.6. The molecule has 1 rings (SSSR count). The molecule has 0 aromatic rings. The van der Waals surface area contributed by atoms with Crippen molar-refractivity contribution in [3.63, 3.8) is 0 Å². The molecule has 10 nitrogen and oxygen atoms in total. The van der Waals surface area contributed by atoms with Crippen LogP contribution in [0.4, 0.5) is 0 Å². The third-order valence-corrected chi connectivity index (χ3v) is 3.64. The van der Waals surface area contributed by atoms with E-state index in [1.54, 1.807) is 0 Å². The van der Waals surface area contributed by atoms with Crippen LogP contribution < -0.4 is 0 Å². The van der Waals surface area contributed by atoms with E-state index in [4.69, 9.17) is 23.7 Å². The molecule has 5 atom stereocenters. The molecule has 0 aromatic carbocycles. The van der Waals surface area contributed by atoms with Crippen molar-refractivity contribution in [2.75, 3.05) is 19.8 Å². The van der Waals surface area contributed by atoms with E-state index in [-0.39, 0.29) is 13.2 Å². The fourth-order valence-electron chi connectivity index (χ4n) is 2.71. The van der Waals surface area contributed by atoms with E-state index in [1.165, 1.54) is 27.7 Å². The lowest BCUT2D eigenvalue weighted by molar-refractivity contribution is -0.242. The van der Waals surface area contributed by atoms with Crippen molar-refractivity contribution in [1.82, 2.24) is 0 Å². The topological polar surface area (TPSA) is 135 Å². The molecular formula is C16H24O10. The third kappa shape index (κ3) is 6.60. The molecule has 0 saturated carbocycles. The zero-order valence-electron chi connectivity index (χ0n) is 15.1. The summed E-state index contributed by atoms with van der Waals surface area (Å²) in [7, 11) is 0. The van der Waals surface area contributed by atoms with Crippen molar-refractivity contribution in [2.45, 2.75) is 52.1 Å². The molecule has 1 N–H and O–H groups in total. The van der Waals surface area contributed by atoms with Crippen LogP contribution in [0.1, 0.15) is 27.7 Å². The van der Waals surface area contributed by atoms with E-state index in [9.17, 15) is 24.3 Å². The Labute approximate surface area is 150 Å². The Morgan fingerprint density at radius 1 is 0.769 bits per heavy atom. The van der Waals surface area contributed by atoms with Gasteiger partial charge in [-0.25, -0.2) is 0 Å². The second-order valence-electron chi connectivity index (χ2n) is 5.81. The van der Waals surface area contributed by atoms with E-state index in [1.807, 2.05) is 0 Å². The van der Waals surface area contributed by atoms with Gasteiger partial charge in [-0.05, 0) is 0 Å². The second-order valence-corrected chi connectivity index (χ2v) is 5.81. The fraction of sp³-hybridized carbons (Fsp3) is 0.750. The van der Waals surface area contributed by atoms with Gasteiger partial charge in [-0.15, -0.1) is 0 Å². The Bertz CT molecular complexity index is 531. The maximum atomic E-state index is 11.5. The fourth-order valence-corrected chi connectivity index (χ4v) is 2.71. The van der Waals surface area contributed by atoms with Gasteiger partial charge in [0.1, 0.15) is 37.6 Å². The molecule has 0 aromatic heterocycles. The number of rotatable bonds is 7. The molecule has 1 heterocycles. The Morgan fingerprint density at radius 3 is 1.65 bits per heavy atom. The van der Waals surface area contributed by atoms with Crippen LogP contribution in [-0.4, -0.2) is 73.2 Å². The average Bonchev–Trinajstić information content (AvgIpc) is 2.52. The molecule has 1 aliphatic heterocycles. The predicted octanol–water partition coefficient (Wildman–Crippen LogP) is -0.648. The van der Waals surface area contributed by atoms with Crippen LogP contribution in [-0.2, 0) is 42.9 Å². The van der Waals surface area contributed by atoms with Gasteiger partial charge in [-0.1, -0.05) is 0 Å². The number of aliphatic hydroxyl groups is 1. The molecule has 0 radical (unpaired) electrons. The van der Waals surface area contributed by atoms with Crippen molar-refractivity contribution in [1.29, 1.82) is 0 Å². The van der Waals surface area contributed by atoms with E-state index in [0.717, 1.165) is 0 Å². The summed E-state index contributed by atoms with van der Waals surface area (Å²) in [6.07, 6.45) is -3.98. The summed E-state index contributed by atoms with van der Waals surface area (Å²) in [6, 6.07) is 0. The minimum absolute atomic E-state index is 0.248. The van der Waals surface area contributed by atoms with Gasteiger partial charge in [0.25, 0.3) is 0 Å². The molecular weight excluding hydrogens is 352 g/mol.